The quantitative estimate of drug-likeness (QED) is 0.736. The highest BCUT2D eigenvalue weighted by atomic mass is 32.2. The minimum Gasteiger partial charge on any atom is -0.345 e. The number of rotatable bonds is 6. The first kappa shape index (κ1) is 17.6. The number of aromatic amines is 1. The molecule has 1 heterocycles. The highest BCUT2D eigenvalue weighted by Crippen LogP contribution is 2.24. The van der Waals surface area contributed by atoms with Gasteiger partial charge in [0, 0.05) is 5.54 Å². The number of sulfonamides is 1. The number of carbonyl (C=O) groups excluding carboxylic acids is 1. The van der Waals surface area contributed by atoms with E-state index in [0.717, 1.165) is 12.8 Å². The van der Waals surface area contributed by atoms with Crippen LogP contribution in [0.1, 0.15) is 69.6 Å². The van der Waals surface area contributed by atoms with E-state index in [0.29, 0.717) is 5.69 Å². The summed E-state index contributed by atoms with van der Waals surface area (Å²) in [6, 6.07) is 0. The number of primary sulfonamides is 1. The average Bonchev–Trinajstić information content (AvgIpc) is 2.83. The Morgan fingerprint density at radius 3 is 2.29 bits per heavy atom. The summed E-state index contributed by atoms with van der Waals surface area (Å²) >= 11 is 0. The molecule has 0 atom stereocenters. The van der Waals surface area contributed by atoms with Crippen molar-refractivity contribution in [3.05, 3.63) is 11.4 Å². The molecule has 0 saturated carbocycles. The Kier molecular flexibility index (Phi) is 5.16. The van der Waals surface area contributed by atoms with Gasteiger partial charge in [-0.1, -0.05) is 27.7 Å². The maximum atomic E-state index is 12.4. The Bertz CT molecular complexity index is 615. The Labute approximate surface area is 125 Å². The van der Waals surface area contributed by atoms with Crippen molar-refractivity contribution in [2.45, 2.75) is 63.8 Å². The second-order valence-electron chi connectivity index (χ2n) is 5.74. The summed E-state index contributed by atoms with van der Waals surface area (Å²) in [5, 5.41) is 14.5. The average molecular weight is 316 g/mol. The van der Waals surface area contributed by atoms with Gasteiger partial charge in [0.2, 0.25) is 10.0 Å². The van der Waals surface area contributed by atoms with Crippen molar-refractivity contribution in [2.75, 3.05) is 0 Å². The molecule has 7 nitrogen and oxygen atoms in total. The van der Waals surface area contributed by atoms with Crippen molar-refractivity contribution >= 4 is 15.9 Å². The second kappa shape index (κ2) is 6.15. The van der Waals surface area contributed by atoms with E-state index in [1.54, 1.807) is 13.8 Å². The number of nitrogens with one attached hydrogen (secondary N) is 2. The van der Waals surface area contributed by atoms with Gasteiger partial charge in [-0.25, -0.2) is 13.6 Å². The Morgan fingerprint density at radius 2 is 1.90 bits per heavy atom. The van der Waals surface area contributed by atoms with E-state index in [-0.39, 0.29) is 16.5 Å². The van der Waals surface area contributed by atoms with E-state index in [4.69, 9.17) is 5.14 Å². The summed E-state index contributed by atoms with van der Waals surface area (Å²) in [4.78, 5) is 12.1. The summed E-state index contributed by atoms with van der Waals surface area (Å²) in [7, 11) is -4.03. The molecule has 1 aromatic heterocycles. The summed E-state index contributed by atoms with van der Waals surface area (Å²) in [6.07, 6.45) is 1.45. The molecule has 0 aromatic carbocycles. The van der Waals surface area contributed by atoms with Gasteiger partial charge in [-0.05, 0) is 25.7 Å². The van der Waals surface area contributed by atoms with Gasteiger partial charge in [-0.2, -0.15) is 5.10 Å². The lowest BCUT2D eigenvalue weighted by atomic mass is 9.95. The smallest absolute Gasteiger partial charge is 0.273 e. The zero-order valence-electron chi connectivity index (χ0n) is 13.1. The van der Waals surface area contributed by atoms with Crippen LogP contribution in [0.4, 0.5) is 0 Å². The number of aromatic nitrogens is 2. The maximum Gasteiger partial charge on any atom is 0.273 e. The Balaban J connectivity index is 3.29. The highest BCUT2D eigenvalue weighted by Gasteiger charge is 2.31. The first-order valence-electron chi connectivity index (χ1n) is 6.99. The Morgan fingerprint density at radius 1 is 1.38 bits per heavy atom. The predicted molar refractivity (Wildman–Crippen MR) is 80.5 cm³/mol. The topological polar surface area (TPSA) is 118 Å². The third-order valence-electron chi connectivity index (χ3n) is 3.80. The summed E-state index contributed by atoms with van der Waals surface area (Å²) in [6.45, 7) is 9.40. The molecule has 4 N–H and O–H groups in total. The van der Waals surface area contributed by atoms with E-state index in [1.165, 1.54) is 0 Å². The lowest BCUT2D eigenvalue weighted by molar-refractivity contribution is 0.0892. The van der Waals surface area contributed by atoms with Crippen molar-refractivity contribution in [2.24, 2.45) is 5.14 Å². The van der Waals surface area contributed by atoms with Crippen molar-refractivity contribution in [3.8, 4) is 0 Å². The largest absolute Gasteiger partial charge is 0.345 e. The zero-order valence-corrected chi connectivity index (χ0v) is 14.0. The van der Waals surface area contributed by atoms with Crippen LogP contribution < -0.4 is 10.5 Å². The number of nitrogens with zero attached hydrogens (tertiary/aromatic N) is 1. The van der Waals surface area contributed by atoms with Crippen LogP contribution in [0.5, 0.6) is 0 Å². The first-order valence-corrected chi connectivity index (χ1v) is 8.54. The predicted octanol–water partition coefficient (Wildman–Crippen LogP) is 1.49. The maximum absolute atomic E-state index is 12.4. The summed E-state index contributed by atoms with van der Waals surface area (Å²) in [5.41, 5.74) is -0.240. The number of hydrogen-bond acceptors (Lipinski definition) is 4. The van der Waals surface area contributed by atoms with Gasteiger partial charge in [-0.3, -0.25) is 9.89 Å². The molecule has 120 valence electrons. The SMILES string of the molecule is CCC(C)(CC)NC(=O)c1n[nH]c(C(C)C)c1S(N)(=O)=O. The number of H-pyrrole nitrogens is 1. The number of hydrogen-bond donors (Lipinski definition) is 3. The second-order valence-corrected chi connectivity index (χ2v) is 7.23. The minimum atomic E-state index is -4.03. The molecular weight excluding hydrogens is 292 g/mol. The number of amides is 1. The fourth-order valence-corrected chi connectivity index (χ4v) is 2.93. The van der Waals surface area contributed by atoms with Crippen molar-refractivity contribution in [1.82, 2.24) is 15.5 Å². The van der Waals surface area contributed by atoms with Gasteiger partial charge < -0.3 is 5.32 Å². The Hall–Kier alpha value is -1.41. The van der Waals surface area contributed by atoms with Gasteiger partial charge >= 0.3 is 0 Å². The van der Waals surface area contributed by atoms with Crippen LogP contribution in [-0.4, -0.2) is 30.1 Å². The summed E-state index contributed by atoms with van der Waals surface area (Å²) < 4.78 is 23.6. The van der Waals surface area contributed by atoms with Crippen LogP contribution in [0, 0.1) is 0 Å². The highest BCUT2D eigenvalue weighted by molar-refractivity contribution is 7.89. The third kappa shape index (κ3) is 3.82. The molecule has 21 heavy (non-hydrogen) atoms. The molecule has 0 radical (unpaired) electrons. The van der Waals surface area contributed by atoms with Crippen LogP contribution in [0.2, 0.25) is 0 Å². The fourth-order valence-electron chi connectivity index (χ4n) is 1.94. The van der Waals surface area contributed by atoms with Crippen molar-refractivity contribution < 1.29 is 13.2 Å². The molecule has 0 spiro atoms. The number of nitrogens with two attached hydrogens (primary N) is 1. The molecule has 0 aliphatic carbocycles. The fraction of sp³-hybridized carbons (Fsp3) is 0.692. The van der Waals surface area contributed by atoms with E-state index >= 15 is 0 Å². The molecule has 1 amide bonds. The van der Waals surface area contributed by atoms with Gasteiger partial charge in [-0.15, -0.1) is 0 Å². The van der Waals surface area contributed by atoms with E-state index in [2.05, 4.69) is 15.5 Å². The van der Waals surface area contributed by atoms with Crippen LogP contribution in [0.25, 0.3) is 0 Å². The molecule has 0 fully saturated rings. The lowest BCUT2D eigenvalue weighted by Crippen LogP contribution is -2.45. The summed E-state index contributed by atoms with van der Waals surface area (Å²) in [5.74, 6) is -0.676. The van der Waals surface area contributed by atoms with E-state index in [9.17, 15) is 13.2 Å². The van der Waals surface area contributed by atoms with Crippen LogP contribution in [-0.2, 0) is 10.0 Å². The van der Waals surface area contributed by atoms with Gasteiger partial charge in [0.25, 0.3) is 5.91 Å². The number of carbonyl (C=O) groups is 1. The monoisotopic (exact) mass is 316 g/mol. The molecule has 0 saturated heterocycles. The molecule has 1 aromatic rings. The lowest BCUT2D eigenvalue weighted by Gasteiger charge is -2.27. The zero-order chi connectivity index (χ0) is 16.4. The normalized spacial score (nSPS) is 12.7. The van der Waals surface area contributed by atoms with E-state index < -0.39 is 21.5 Å². The van der Waals surface area contributed by atoms with Crippen LogP contribution in [0.15, 0.2) is 4.90 Å². The van der Waals surface area contributed by atoms with Gasteiger partial charge in [0.05, 0.1) is 5.69 Å². The van der Waals surface area contributed by atoms with Gasteiger partial charge in [0.15, 0.2) is 5.69 Å². The minimum absolute atomic E-state index is 0.142. The molecular formula is C13H24N4O3S. The van der Waals surface area contributed by atoms with Crippen molar-refractivity contribution in [3.63, 3.8) is 0 Å². The first-order chi connectivity index (χ1) is 9.55. The molecule has 8 heteroatoms. The van der Waals surface area contributed by atoms with Gasteiger partial charge in [0.1, 0.15) is 4.90 Å². The molecule has 0 aliphatic rings. The third-order valence-corrected chi connectivity index (χ3v) is 4.78. The molecule has 0 unspecified atom stereocenters. The van der Waals surface area contributed by atoms with Crippen molar-refractivity contribution in [1.29, 1.82) is 0 Å². The van der Waals surface area contributed by atoms with Crippen LogP contribution in [0.3, 0.4) is 0 Å². The van der Waals surface area contributed by atoms with E-state index in [1.807, 2.05) is 20.8 Å². The van der Waals surface area contributed by atoms with Crippen LogP contribution >= 0.6 is 0 Å². The molecule has 0 aliphatic heterocycles. The molecule has 1 rings (SSSR count). The standard InChI is InChI=1S/C13H24N4O3S/c1-6-13(5,7-2)15-12(18)10-11(21(14,19)20)9(8(3)4)16-17-10/h8H,6-7H2,1-5H3,(H,15,18)(H,16,17)(H2,14,19,20). The molecule has 0 bridgehead atoms.